The average Bonchev–Trinajstić information content (AvgIpc) is 4.00. The number of carbonyl (C=O) groups excluding carboxylic acids is 6. The summed E-state index contributed by atoms with van der Waals surface area (Å²) in [6, 6.07) is 18.6. The summed E-state index contributed by atoms with van der Waals surface area (Å²) in [4.78, 5) is 93.2. The van der Waals surface area contributed by atoms with Gasteiger partial charge in [0.15, 0.2) is 5.78 Å². The van der Waals surface area contributed by atoms with Crippen molar-refractivity contribution in [2.24, 2.45) is 11.3 Å². The molecule has 18 heteroatoms. The smallest absolute Gasteiger partial charge is 0.252 e. The van der Waals surface area contributed by atoms with Crippen LogP contribution in [0.5, 0.6) is 0 Å². The number of carbonyl (C=O) groups is 6. The zero-order chi connectivity index (χ0) is 55.5. The van der Waals surface area contributed by atoms with Crippen LogP contribution in [0.3, 0.4) is 0 Å². The molecule has 0 unspecified atom stereocenters. The van der Waals surface area contributed by atoms with Crippen LogP contribution in [0.15, 0.2) is 78.9 Å². The molecule has 77 heavy (non-hydrogen) atoms. The minimum Gasteiger partial charge on any atom is -0.379 e. The van der Waals surface area contributed by atoms with Crippen LogP contribution in [0.4, 0.5) is 24.5 Å². The average molecular weight is 1060 g/mol. The molecule has 8 rings (SSSR count). The lowest BCUT2D eigenvalue weighted by Crippen LogP contribution is -2.62. The molecule has 0 saturated carbocycles. The van der Waals surface area contributed by atoms with Crippen LogP contribution in [0.2, 0.25) is 0 Å². The van der Waals surface area contributed by atoms with Gasteiger partial charge in [0.05, 0.1) is 37.8 Å². The van der Waals surface area contributed by atoms with E-state index in [1.54, 1.807) is 56.1 Å². The van der Waals surface area contributed by atoms with Gasteiger partial charge < -0.3 is 35.8 Å². The summed E-state index contributed by atoms with van der Waals surface area (Å²) in [6.45, 7) is 17.1. The van der Waals surface area contributed by atoms with E-state index in [1.165, 1.54) is 23.1 Å². The van der Waals surface area contributed by atoms with Crippen molar-refractivity contribution in [3.8, 4) is 0 Å². The molecular formula is C59H73F3N8O7. The number of benzene rings is 4. The fraction of sp³-hybridized carbons (Fsp3) is 0.492. The third-order valence-electron chi connectivity index (χ3n) is 16.0. The Bertz CT molecular complexity index is 2860. The van der Waals surface area contributed by atoms with E-state index in [-0.39, 0.29) is 80.4 Å². The standard InChI is InChI=1S/C59H73F3N8O7/c1-35-29-68(43(27-64-35)31-67-20-21-77-33-36(67)2)32-52(73)70-34-59(7,46-19-15-39(25-50(46)70)22-38-13-17-42(60)18-14-38)57(76)65-28-44(71)23-40-12-16-41-30-69(56(75)47(58(4,5)6)26-51(72)37(3)63-8)54(45(41)24-40)55(74)66-53-48(61)10-9-11-49(53)62/h9-19,24-25,35-37,43,47,54,63-64H,20-23,26-34H2,1-8H3,(H,65,76)(H,66,74)/t35-,36-,37+,43-,47-,54+,59-/m1/s1. The highest BCUT2D eigenvalue weighted by Crippen LogP contribution is 2.43. The summed E-state index contributed by atoms with van der Waals surface area (Å²) in [6.07, 6.45) is 0.155. The van der Waals surface area contributed by atoms with Gasteiger partial charge in [-0.15, -0.1) is 0 Å². The van der Waals surface area contributed by atoms with Crippen LogP contribution in [-0.4, -0.2) is 140 Å². The Labute approximate surface area is 449 Å². The van der Waals surface area contributed by atoms with Crippen LogP contribution < -0.4 is 26.2 Å². The molecule has 2 saturated heterocycles. The maximum atomic E-state index is 15.0. The second kappa shape index (κ2) is 23.7. The SMILES string of the molecule is CN[C@@H](C)C(=O)C[C@H](C(=O)N1Cc2ccc(CC(=O)CNC(=O)[C@]3(C)CN(C(=O)CN4C[C@@H](C)NC[C@@H]4CN4CCOC[C@H]4C)c4cc(Cc5ccc(F)cc5)ccc43)cc2[C@H]1C(=O)Nc1c(F)cccc1F)C(C)(C)C. The number of Topliss-reactive ketones (excluding diaryl/α,β-unsaturated/α-hetero) is 2. The molecule has 7 atom stereocenters. The number of piperazine rings is 1. The van der Waals surface area contributed by atoms with Crippen LogP contribution >= 0.6 is 0 Å². The number of ketones is 2. The Morgan fingerprint density at radius 2 is 1.60 bits per heavy atom. The summed E-state index contributed by atoms with van der Waals surface area (Å²) in [7, 11) is 1.64. The van der Waals surface area contributed by atoms with E-state index in [9.17, 15) is 41.9 Å². The monoisotopic (exact) mass is 1060 g/mol. The number of rotatable bonds is 18. The van der Waals surface area contributed by atoms with Crippen molar-refractivity contribution in [1.82, 2.24) is 30.7 Å². The Kier molecular flexibility index (Phi) is 17.5. The first-order chi connectivity index (χ1) is 36.5. The molecule has 412 valence electrons. The Hall–Kier alpha value is -6.31. The maximum absolute atomic E-state index is 15.0. The van der Waals surface area contributed by atoms with Crippen molar-refractivity contribution in [3.05, 3.63) is 130 Å². The highest BCUT2D eigenvalue weighted by atomic mass is 19.1. The number of anilines is 2. The summed E-state index contributed by atoms with van der Waals surface area (Å²) < 4.78 is 49.5. The minimum absolute atomic E-state index is 0.0209. The first kappa shape index (κ1) is 56.9. The molecule has 2 fully saturated rings. The van der Waals surface area contributed by atoms with Gasteiger partial charge in [-0.25, -0.2) is 13.2 Å². The van der Waals surface area contributed by atoms with Gasteiger partial charge in [-0.1, -0.05) is 69.3 Å². The second-order valence-electron chi connectivity index (χ2n) is 22.8. The fourth-order valence-corrected chi connectivity index (χ4v) is 11.1. The van der Waals surface area contributed by atoms with Crippen molar-refractivity contribution in [2.45, 2.75) is 110 Å². The number of nitrogens with one attached hydrogen (secondary N) is 4. The number of likely N-dealkylation sites (N-methyl/N-ethyl adjacent to an activating group) is 1. The maximum Gasteiger partial charge on any atom is 0.252 e. The minimum atomic E-state index is -1.38. The molecule has 0 spiro atoms. The summed E-state index contributed by atoms with van der Waals surface area (Å²) in [5.74, 6) is -5.81. The molecule has 0 radical (unpaired) electrons. The largest absolute Gasteiger partial charge is 0.379 e. The molecule has 4 aromatic rings. The number of ether oxygens (including phenoxy) is 1. The number of fused-ring (bicyclic) bond motifs is 2. The number of para-hydroxylation sites is 1. The molecule has 4 amide bonds. The molecule has 4 aliphatic heterocycles. The van der Waals surface area contributed by atoms with E-state index in [2.05, 4.69) is 44.9 Å². The van der Waals surface area contributed by atoms with E-state index >= 15 is 0 Å². The second-order valence-corrected chi connectivity index (χ2v) is 22.8. The van der Waals surface area contributed by atoms with E-state index < -0.39 is 63.9 Å². The Morgan fingerprint density at radius 3 is 2.29 bits per heavy atom. The third-order valence-corrected chi connectivity index (χ3v) is 16.0. The van der Waals surface area contributed by atoms with Gasteiger partial charge in [-0.3, -0.25) is 38.6 Å². The predicted octanol–water partition coefficient (Wildman–Crippen LogP) is 5.86. The highest BCUT2D eigenvalue weighted by Gasteiger charge is 2.48. The molecule has 4 aliphatic rings. The summed E-state index contributed by atoms with van der Waals surface area (Å²) in [5.41, 5.74) is 1.66. The Morgan fingerprint density at radius 1 is 0.896 bits per heavy atom. The predicted molar refractivity (Wildman–Crippen MR) is 288 cm³/mol. The molecule has 4 aromatic carbocycles. The van der Waals surface area contributed by atoms with Gasteiger partial charge in [0.2, 0.25) is 17.7 Å². The number of nitrogens with zero attached hydrogens (tertiary/aromatic N) is 4. The zero-order valence-corrected chi connectivity index (χ0v) is 45.4. The van der Waals surface area contributed by atoms with Crippen LogP contribution in [0.1, 0.15) is 94.3 Å². The Balaban J connectivity index is 1.01. The summed E-state index contributed by atoms with van der Waals surface area (Å²) in [5, 5.41) is 11.7. The normalized spacial score (nSPS) is 22.5. The number of halogens is 3. The number of amides is 4. The molecule has 0 bridgehead atoms. The lowest BCUT2D eigenvalue weighted by Gasteiger charge is -2.43. The van der Waals surface area contributed by atoms with Gasteiger partial charge in [0.1, 0.15) is 35.0 Å². The zero-order valence-electron chi connectivity index (χ0n) is 45.4. The van der Waals surface area contributed by atoms with E-state index in [0.29, 0.717) is 60.7 Å². The third kappa shape index (κ3) is 12.8. The van der Waals surface area contributed by atoms with Crippen molar-refractivity contribution < 1.29 is 46.7 Å². The molecule has 0 aliphatic carbocycles. The fourth-order valence-electron chi connectivity index (χ4n) is 11.1. The quantitative estimate of drug-likeness (QED) is 0.0941. The molecular weight excluding hydrogens is 990 g/mol. The lowest BCUT2D eigenvalue weighted by atomic mass is 9.76. The van der Waals surface area contributed by atoms with Crippen LogP contribution in [0, 0.1) is 28.8 Å². The number of morpholine rings is 1. The first-order valence-corrected chi connectivity index (χ1v) is 26.7. The van der Waals surface area contributed by atoms with Crippen LogP contribution in [-0.2, 0) is 58.3 Å². The van der Waals surface area contributed by atoms with Crippen molar-refractivity contribution in [3.63, 3.8) is 0 Å². The van der Waals surface area contributed by atoms with E-state index in [0.717, 1.165) is 36.3 Å². The van der Waals surface area contributed by atoms with Crippen molar-refractivity contribution >= 4 is 46.6 Å². The molecule has 15 nitrogen and oxygen atoms in total. The van der Waals surface area contributed by atoms with Gasteiger partial charge in [-0.05, 0) is 110 Å². The molecule has 4 N–H and O–H groups in total. The lowest BCUT2D eigenvalue weighted by molar-refractivity contribution is -0.147. The highest BCUT2D eigenvalue weighted by molar-refractivity contribution is 6.04. The molecule has 4 heterocycles. The van der Waals surface area contributed by atoms with Crippen LogP contribution in [0.25, 0.3) is 0 Å². The van der Waals surface area contributed by atoms with Crippen molar-refractivity contribution in [1.29, 1.82) is 0 Å². The molecule has 0 aromatic heterocycles. The van der Waals surface area contributed by atoms with E-state index in [1.807, 2.05) is 39.0 Å². The van der Waals surface area contributed by atoms with Gasteiger partial charge in [0, 0.05) is 81.8 Å². The first-order valence-electron chi connectivity index (χ1n) is 26.7. The van der Waals surface area contributed by atoms with Crippen molar-refractivity contribution in [2.75, 3.05) is 76.3 Å². The summed E-state index contributed by atoms with van der Waals surface area (Å²) >= 11 is 0. The number of hydrogen-bond acceptors (Lipinski definition) is 11. The number of hydrogen-bond donors (Lipinski definition) is 4. The van der Waals surface area contributed by atoms with Gasteiger partial charge in [-0.2, -0.15) is 0 Å². The topological polar surface area (TPSA) is 173 Å². The van der Waals surface area contributed by atoms with Gasteiger partial charge >= 0.3 is 0 Å². The van der Waals surface area contributed by atoms with Gasteiger partial charge in [0.25, 0.3) is 5.91 Å². The van der Waals surface area contributed by atoms with E-state index in [4.69, 9.17) is 4.74 Å².